The summed E-state index contributed by atoms with van der Waals surface area (Å²) in [5.41, 5.74) is 0. The summed E-state index contributed by atoms with van der Waals surface area (Å²) >= 11 is 0. The zero-order valence-electron chi connectivity index (χ0n) is 7.95. The van der Waals surface area contributed by atoms with Gasteiger partial charge in [0.2, 0.25) is 0 Å². The highest BCUT2D eigenvalue weighted by molar-refractivity contribution is 4.98. The van der Waals surface area contributed by atoms with Crippen molar-refractivity contribution in [3.8, 4) is 11.8 Å². The molecule has 0 aromatic heterocycles. The van der Waals surface area contributed by atoms with Gasteiger partial charge in [-0.05, 0) is 12.8 Å². The zero-order chi connectivity index (χ0) is 8.36. The molecule has 0 bridgehead atoms. The molecule has 64 valence electrons. The predicted octanol–water partition coefficient (Wildman–Crippen LogP) is 3.76. The van der Waals surface area contributed by atoms with Crippen molar-refractivity contribution in [3.63, 3.8) is 0 Å². The standard InChI is InChI=1S/C11H20/c1-3-5-7-9-11-10-8-6-4-2/h3-9H2,1-2H3. The Morgan fingerprint density at radius 3 is 1.82 bits per heavy atom. The molecule has 0 fully saturated rings. The first-order valence-electron chi connectivity index (χ1n) is 4.87. The van der Waals surface area contributed by atoms with Gasteiger partial charge >= 0.3 is 0 Å². The number of hydrogen-bond acceptors (Lipinski definition) is 0. The smallest absolute Gasteiger partial charge is 0.00886 e. The van der Waals surface area contributed by atoms with Crippen molar-refractivity contribution in [2.24, 2.45) is 0 Å². The third-order valence-electron chi connectivity index (χ3n) is 1.69. The van der Waals surface area contributed by atoms with E-state index >= 15 is 0 Å². The van der Waals surface area contributed by atoms with E-state index in [0.29, 0.717) is 0 Å². The Balaban J connectivity index is 2.99. The minimum Gasteiger partial charge on any atom is -0.103 e. The van der Waals surface area contributed by atoms with E-state index in [2.05, 4.69) is 25.7 Å². The van der Waals surface area contributed by atoms with Gasteiger partial charge in [-0.1, -0.05) is 33.1 Å². The molecule has 0 aromatic carbocycles. The molecule has 0 saturated carbocycles. The van der Waals surface area contributed by atoms with Gasteiger partial charge < -0.3 is 0 Å². The summed E-state index contributed by atoms with van der Waals surface area (Å²) in [7, 11) is 0. The Morgan fingerprint density at radius 1 is 0.727 bits per heavy atom. The highest BCUT2D eigenvalue weighted by Crippen LogP contribution is 1.97. The molecular weight excluding hydrogens is 132 g/mol. The van der Waals surface area contributed by atoms with Crippen LogP contribution in [-0.4, -0.2) is 0 Å². The number of hydrogen-bond donors (Lipinski definition) is 0. The topological polar surface area (TPSA) is 0 Å². The number of rotatable bonds is 5. The molecule has 0 unspecified atom stereocenters. The van der Waals surface area contributed by atoms with E-state index < -0.39 is 0 Å². The lowest BCUT2D eigenvalue weighted by molar-refractivity contribution is 0.736. The van der Waals surface area contributed by atoms with Gasteiger partial charge in [0.1, 0.15) is 0 Å². The van der Waals surface area contributed by atoms with Crippen molar-refractivity contribution < 1.29 is 0 Å². The van der Waals surface area contributed by atoms with Crippen LogP contribution in [0.5, 0.6) is 0 Å². The molecule has 0 aromatic rings. The van der Waals surface area contributed by atoms with E-state index in [9.17, 15) is 0 Å². The molecule has 0 spiro atoms. The minimum atomic E-state index is 1.10. The van der Waals surface area contributed by atoms with Gasteiger partial charge in [0.05, 0.1) is 0 Å². The summed E-state index contributed by atoms with van der Waals surface area (Å²) in [6.45, 7) is 4.43. The molecule has 0 heterocycles. The predicted molar refractivity (Wildman–Crippen MR) is 51.4 cm³/mol. The van der Waals surface area contributed by atoms with Crippen molar-refractivity contribution >= 4 is 0 Å². The van der Waals surface area contributed by atoms with E-state index in [0.717, 1.165) is 12.8 Å². The average molecular weight is 152 g/mol. The molecule has 0 heteroatoms. The summed E-state index contributed by atoms with van der Waals surface area (Å²) in [4.78, 5) is 0. The molecule has 0 saturated heterocycles. The highest BCUT2D eigenvalue weighted by Gasteiger charge is 1.80. The monoisotopic (exact) mass is 152 g/mol. The Hall–Kier alpha value is -0.440. The molecule has 11 heavy (non-hydrogen) atoms. The van der Waals surface area contributed by atoms with E-state index in [1.165, 1.54) is 32.1 Å². The van der Waals surface area contributed by atoms with E-state index in [-0.39, 0.29) is 0 Å². The Labute approximate surface area is 71.4 Å². The van der Waals surface area contributed by atoms with Crippen LogP contribution in [0.4, 0.5) is 0 Å². The van der Waals surface area contributed by atoms with Gasteiger partial charge in [0.25, 0.3) is 0 Å². The fourth-order valence-electron chi connectivity index (χ4n) is 0.905. The maximum absolute atomic E-state index is 3.20. The second-order valence-corrected chi connectivity index (χ2v) is 2.91. The summed E-state index contributed by atoms with van der Waals surface area (Å²) in [6.07, 6.45) is 8.67. The molecule has 0 aliphatic rings. The third-order valence-corrected chi connectivity index (χ3v) is 1.69. The second-order valence-electron chi connectivity index (χ2n) is 2.91. The maximum atomic E-state index is 3.20. The highest BCUT2D eigenvalue weighted by atomic mass is 13.9. The molecule has 0 atom stereocenters. The van der Waals surface area contributed by atoms with Gasteiger partial charge in [-0.3, -0.25) is 0 Å². The van der Waals surface area contributed by atoms with E-state index in [4.69, 9.17) is 0 Å². The molecule has 0 nitrogen and oxygen atoms in total. The third kappa shape index (κ3) is 9.56. The summed E-state index contributed by atoms with van der Waals surface area (Å²) in [5.74, 6) is 6.40. The second kappa shape index (κ2) is 9.56. The Kier molecular flexibility index (Phi) is 9.18. The van der Waals surface area contributed by atoms with Gasteiger partial charge in [-0.2, -0.15) is 0 Å². The molecule has 0 N–H and O–H groups in total. The molecule has 0 amide bonds. The normalized spacial score (nSPS) is 8.91. The average Bonchev–Trinajstić information content (AvgIpc) is 2.03. The number of unbranched alkanes of at least 4 members (excludes halogenated alkanes) is 5. The zero-order valence-corrected chi connectivity index (χ0v) is 7.95. The van der Waals surface area contributed by atoms with Crippen molar-refractivity contribution in [2.45, 2.75) is 58.8 Å². The van der Waals surface area contributed by atoms with Crippen LogP contribution in [0.2, 0.25) is 0 Å². The van der Waals surface area contributed by atoms with Crippen LogP contribution in [-0.2, 0) is 0 Å². The van der Waals surface area contributed by atoms with Crippen LogP contribution in [0.1, 0.15) is 58.8 Å². The fraction of sp³-hybridized carbons (Fsp3) is 0.818. The Bertz CT molecular complexity index is 114. The van der Waals surface area contributed by atoms with Crippen LogP contribution in [0, 0.1) is 11.8 Å². The van der Waals surface area contributed by atoms with Crippen LogP contribution in [0.25, 0.3) is 0 Å². The van der Waals surface area contributed by atoms with Crippen LogP contribution in [0.3, 0.4) is 0 Å². The first kappa shape index (κ1) is 10.6. The lowest BCUT2D eigenvalue weighted by Crippen LogP contribution is -1.72. The van der Waals surface area contributed by atoms with Gasteiger partial charge in [0, 0.05) is 12.8 Å². The van der Waals surface area contributed by atoms with Gasteiger partial charge in [0.15, 0.2) is 0 Å². The summed E-state index contributed by atoms with van der Waals surface area (Å²) in [5, 5.41) is 0. The van der Waals surface area contributed by atoms with Crippen molar-refractivity contribution in [2.75, 3.05) is 0 Å². The fourth-order valence-corrected chi connectivity index (χ4v) is 0.905. The molecule has 0 aliphatic carbocycles. The lowest BCUT2D eigenvalue weighted by Gasteiger charge is -1.88. The van der Waals surface area contributed by atoms with Crippen LogP contribution >= 0.6 is 0 Å². The van der Waals surface area contributed by atoms with Gasteiger partial charge in [-0.25, -0.2) is 0 Å². The van der Waals surface area contributed by atoms with Crippen LogP contribution < -0.4 is 0 Å². The minimum absolute atomic E-state index is 1.10. The van der Waals surface area contributed by atoms with Crippen molar-refractivity contribution in [3.05, 3.63) is 0 Å². The van der Waals surface area contributed by atoms with Crippen molar-refractivity contribution in [1.82, 2.24) is 0 Å². The Morgan fingerprint density at radius 2 is 1.27 bits per heavy atom. The van der Waals surface area contributed by atoms with E-state index in [1.54, 1.807) is 0 Å². The van der Waals surface area contributed by atoms with Gasteiger partial charge in [-0.15, -0.1) is 11.8 Å². The molecular formula is C11H20. The SMILES string of the molecule is CCCCC#CCCCCC. The largest absolute Gasteiger partial charge is 0.103 e. The summed E-state index contributed by atoms with van der Waals surface area (Å²) in [6, 6.07) is 0. The first-order chi connectivity index (χ1) is 5.41. The first-order valence-corrected chi connectivity index (χ1v) is 4.87. The van der Waals surface area contributed by atoms with E-state index in [1.807, 2.05) is 0 Å². The van der Waals surface area contributed by atoms with Crippen LogP contribution in [0.15, 0.2) is 0 Å². The molecule has 0 radical (unpaired) electrons. The quantitative estimate of drug-likeness (QED) is 0.415. The molecule has 0 aliphatic heterocycles. The van der Waals surface area contributed by atoms with Crippen molar-refractivity contribution in [1.29, 1.82) is 0 Å². The molecule has 0 rings (SSSR count). The summed E-state index contributed by atoms with van der Waals surface area (Å²) < 4.78 is 0. The maximum Gasteiger partial charge on any atom is 0.00886 e. The lowest BCUT2D eigenvalue weighted by atomic mass is 10.2.